The van der Waals surface area contributed by atoms with Crippen molar-refractivity contribution in [3.8, 4) is 5.88 Å². The van der Waals surface area contributed by atoms with Gasteiger partial charge in [0, 0.05) is 18.9 Å². The third-order valence-corrected chi connectivity index (χ3v) is 6.36. The van der Waals surface area contributed by atoms with Crippen molar-refractivity contribution in [2.75, 3.05) is 13.7 Å². The molecule has 2 fully saturated rings. The van der Waals surface area contributed by atoms with Gasteiger partial charge >= 0.3 is 0 Å². The van der Waals surface area contributed by atoms with E-state index in [1.807, 2.05) is 4.90 Å². The van der Waals surface area contributed by atoms with Crippen LogP contribution in [0.15, 0.2) is 6.33 Å². The zero-order valence-corrected chi connectivity index (χ0v) is 14.5. The van der Waals surface area contributed by atoms with Crippen LogP contribution in [0.1, 0.15) is 56.2 Å². The van der Waals surface area contributed by atoms with Crippen LogP contribution in [0.2, 0.25) is 0 Å². The molecule has 1 aliphatic heterocycles. The molecule has 3 aliphatic rings. The summed E-state index contributed by atoms with van der Waals surface area (Å²) in [6.45, 7) is 1.37. The Hall–Kier alpha value is -1.65. The lowest BCUT2D eigenvalue weighted by Crippen LogP contribution is -2.43. The van der Waals surface area contributed by atoms with E-state index in [4.69, 9.17) is 4.74 Å². The third kappa shape index (κ3) is 2.89. The zero-order chi connectivity index (χ0) is 16.5. The number of aromatic nitrogens is 2. The van der Waals surface area contributed by atoms with E-state index in [1.54, 1.807) is 13.4 Å². The molecule has 0 aromatic carbocycles. The molecule has 1 aromatic rings. The van der Waals surface area contributed by atoms with Crippen LogP contribution in [0, 0.1) is 17.8 Å². The molecule has 1 amide bonds. The van der Waals surface area contributed by atoms with Gasteiger partial charge in [0.25, 0.3) is 0 Å². The molecule has 3 atom stereocenters. The fourth-order valence-corrected chi connectivity index (χ4v) is 5.04. The molecule has 0 saturated heterocycles. The average molecular weight is 329 g/mol. The van der Waals surface area contributed by atoms with Crippen LogP contribution in [-0.2, 0) is 17.8 Å². The van der Waals surface area contributed by atoms with Gasteiger partial charge in [0.05, 0.1) is 24.9 Å². The van der Waals surface area contributed by atoms with Crippen LogP contribution in [0.3, 0.4) is 0 Å². The Kier molecular flexibility index (Phi) is 4.42. The van der Waals surface area contributed by atoms with Crippen LogP contribution in [-0.4, -0.2) is 34.4 Å². The summed E-state index contributed by atoms with van der Waals surface area (Å²) in [6, 6.07) is 0. The number of ether oxygens (including phenoxy) is 1. The number of methoxy groups -OCH3 is 1. The minimum Gasteiger partial charge on any atom is -0.481 e. The molecular formula is C19H27N3O2. The Morgan fingerprint density at radius 3 is 2.83 bits per heavy atom. The van der Waals surface area contributed by atoms with Crippen LogP contribution in [0.5, 0.6) is 5.88 Å². The molecule has 0 bridgehead atoms. The summed E-state index contributed by atoms with van der Waals surface area (Å²) in [5.74, 6) is 2.86. The smallest absolute Gasteiger partial charge is 0.226 e. The highest BCUT2D eigenvalue weighted by Crippen LogP contribution is 2.43. The monoisotopic (exact) mass is 329 g/mol. The van der Waals surface area contributed by atoms with E-state index in [-0.39, 0.29) is 5.92 Å². The predicted molar refractivity (Wildman–Crippen MR) is 90.5 cm³/mol. The Bertz CT molecular complexity index is 604. The lowest BCUT2D eigenvalue weighted by Gasteiger charge is -2.40. The van der Waals surface area contributed by atoms with Crippen LogP contribution in [0.4, 0.5) is 0 Å². The molecule has 5 nitrogen and oxygen atoms in total. The second kappa shape index (κ2) is 6.69. The second-order valence-corrected chi connectivity index (χ2v) is 7.63. The molecule has 2 saturated carbocycles. The zero-order valence-electron chi connectivity index (χ0n) is 14.5. The molecule has 4 rings (SSSR count). The fraction of sp³-hybridized carbons (Fsp3) is 0.737. The molecule has 0 radical (unpaired) electrons. The number of amides is 1. The molecule has 0 spiro atoms. The van der Waals surface area contributed by atoms with Crippen molar-refractivity contribution in [2.45, 2.75) is 57.9 Å². The molecule has 2 heterocycles. The van der Waals surface area contributed by atoms with Crippen LogP contribution >= 0.6 is 0 Å². The van der Waals surface area contributed by atoms with E-state index in [2.05, 4.69) is 9.97 Å². The number of hydrogen-bond acceptors (Lipinski definition) is 4. The largest absolute Gasteiger partial charge is 0.481 e. The lowest BCUT2D eigenvalue weighted by atomic mass is 9.67. The Labute approximate surface area is 143 Å². The number of carbonyl (C=O) groups is 1. The van der Waals surface area contributed by atoms with E-state index >= 15 is 0 Å². The quantitative estimate of drug-likeness (QED) is 0.837. The Morgan fingerprint density at radius 2 is 2.00 bits per heavy atom. The topological polar surface area (TPSA) is 55.3 Å². The van der Waals surface area contributed by atoms with Gasteiger partial charge in [-0.2, -0.15) is 0 Å². The van der Waals surface area contributed by atoms with Crippen molar-refractivity contribution in [2.24, 2.45) is 17.8 Å². The lowest BCUT2D eigenvalue weighted by molar-refractivity contribution is -0.139. The SMILES string of the molecule is COc1ncnc2c1CN(C(=O)[C@@H]1CC[C@@H]3CCCC[C@@H]3C1)CC2. The predicted octanol–water partition coefficient (Wildman–Crippen LogP) is 2.98. The summed E-state index contributed by atoms with van der Waals surface area (Å²) in [6.07, 6.45) is 11.3. The van der Waals surface area contributed by atoms with Crippen LogP contribution < -0.4 is 4.74 Å². The number of rotatable bonds is 2. The second-order valence-electron chi connectivity index (χ2n) is 7.63. The van der Waals surface area contributed by atoms with Crippen molar-refractivity contribution in [1.82, 2.24) is 14.9 Å². The molecule has 2 aliphatic carbocycles. The number of fused-ring (bicyclic) bond motifs is 2. The van der Waals surface area contributed by atoms with E-state index in [0.29, 0.717) is 18.3 Å². The standard InChI is InChI=1S/C19H27N3O2/c1-24-18-16-11-22(9-8-17(16)20-12-21-18)19(23)15-7-6-13-4-2-3-5-14(13)10-15/h12-15H,2-11H2,1H3/t13-,14+,15+/m0/s1. The van der Waals surface area contributed by atoms with Gasteiger partial charge in [0.2, 0.25) is 11.8 Å². The molecule has 130 valence electrons. The van der Waals surface area contributed by atoms with Crippen molar-refractivity contribution in [3.63, 3.8) is 0 Å². The van der Waals surface area contributed by atoms with Crippen molar-refractivity contribution >= 4 is 5.91 Å². The first-order valence-corrected chi connectivity index (χ1v) is 9.41. The summed E-state index contributed by atoms with van der Waals surface area (Å²) in [4.78, 5) is 23.7. The van der Waals surface area contributed by atoms with E-state index in [0.717, 1.165) is 48.9 Å². The fourth-order valence-electron chi connectivity index (χ4n) is 5.04. The van der Waals surface area contributed by atoms with Crippen molar-refractivity contribution in [3.05, 3.63) is 17.6 Å². The minimum atomic E-state index is 0.224. The third-order valence-electron chi connectivity index (χ3n) is 6.36. The van der Waals surface area contributed by atoms with E-state index < -0.39 is 0 Å². The average Bonchev–Trinajstić information content (AvgIpc) is 2.66. The summed E-state index contributed by atoms with van der Waals surface area (Å²) in [5.41, 5.74) is 2.02. The first-order chi connectivity index (χ1) is 11.8. The Balaban J connectivity index is 1.45. The summed E-state index contributed by atoms with van der Waals surface area (Å²) in [7, 11) is 1.63. The maximum atomic E-state index is 13.1. The van der Waals surface area contributed by atoms with Gasteiger partial charge in [-0.05, 0) is 31.1 Å². The van der Waals surface area contributed by atoms with Gasteiger partial charge in [-0.3, -0.25) is 4.79 Å². The van der Waals surface area contributed by atoms with Gasteiger partial charge in [-0.25, -0.2) is 9.97 Å². The minimum absolute atomic E-state index is 0.224. The molecule has 0 unspecified atom stereocenters. The van der Waals surface area contributed by atoms with E-state index in [1.165, 1.54) is 32.1 Å². The van der Waals surface area contributed by atoms with Gasteiger partial charge in [-0.1, -0.05) is 25.7 Å². The number of nitrogens with zero attached hydrogens (tertiary/aromatic N) is 3. The number of carbonyl (C=O) groups excluding carboxylic acids is 1. The van der Waals surface area contributed by atoms with Crippen molar-refractivity contribution < 1.29 is 9.53 Å². The van der Waals surface area contributed by atoms with Gasteiger partial charge in [0.1, 0.15) is 6.33 Å². The number of hydrogen-bond donors (Lipinski definition) is 0. The van der Waals surface area contributed by atoms with Gasteiger partial charge < -0.3 is 9.64 Å². The van der Waals surface area contributed by atoms with Gasteiger partial charge in [0.15, 0.2) is 0 Å². The molecule has 0 N–H and O–H groups in total. The maximum Gasteiger partial charge on any atom is 0.226 e. The maximum absolute atomic E-state index is 13.1. The highest BCUT2D eigenvalue weighted by molar-refractivity contribution is 5.79. The molecule has 5 heteroatoms. The van der Waals surface area contributed by atoms with E-state index in [9.17, 15) is 4.79 Å². The summed E-state index contributed by atoms with van der Waals surface area (Å²) < 4.78 is 5.37. The molecular weight excluding hydrogens is 302 g/mol. The van der Waals surface area contributed by atoms with Gasteiger partial charge in [-0.15, -0.1) is 0 Å². The highest BCUT2D eigenvalue weighted by Gasteiger charge is 2.37. The van der Waals surface area contributed by atoms with Crippen molar-refractivity contribution in [1.29, 1.82) is 0 Å². The Morgan fingerprint density at radius 1 is 1.17 bits per heavy atom. The first kappa shape index (κ1) is 15.9. The highest BCUT2D eigenvalue weighted by atomic mass is 16.5. The summed E-state index contributed by atoms with van der Waals surface area (Å²) in [5, 5.41) is 0. The first-order valence-electron chi connectivity index (χ1n) is 9.41. The normalized spacial score (nSPS) is 29.5. The van der Waals surface area contributed by atoms with Crippen LogP contribution in [0.25, 0.3) is 0 Å². The molecule has 1 aromatic heterocycles. The summed E-state index contributed by atoms with van der Waals surface area (Å²) >= 11 is 0. The molecule has 24 heavy (non-hydrogen) atoms.